The molecule has 0 saturated heterocycles. The molecule has 106 valence electrons. The monoisotopic (exact) mass is 281 g/mol. The van der Waals surface area contributed by atoms with Crippen molar-refractivity contribution in [1.29, 1.82) is 0 Å². The summed E-state index contributed by atoms with van der Waals surface area (Å²) in [7, 11) is 0. The molecule has 0 saturated carbocycles. The van der Waals surface area contributed by atoms with Crippen molar-refractivity contribution in [2.75, 3.05) is 5.73 Å². The van der Waals surface area contributed by atoms with E-state index in [4.69, 9.17) is 10.5 Å². The number of carbonyl (C=O) groups is 1. The van der Waals surface area contributed by atoms with Crippen molar-refractivity contribution in [3.05, 3.63) is 60.7 Å². The van der Waals surface area contributed by atoms with Gasteiger partial charge in [0.2, 0.25) is 0 Å². The number of nitrogen functional groups attached to an aromatic ring is 1. The van der Waals surface area contributed by atoms with Crippen LogP contribution in [0, 0.1) is 0 Å². The van der Waals surface area contributed by atoms with Crippen LogP contribution >= 0.6 is 0 Å². The highest BCUT2D eigenvalue weighted by Crippen LogP contribution is 2.22. The zero-order valence-corrected chi connectivity index (χ0v) is 11.6. The fraction of sp³-hybridized carbons (Fsp3) is 0.0625. The first-order valence-electron chi connectivity index (χ1n) is 6.29. The van der Waals surface area contributed by atoms with E-state index in [9.17, 15) is 4.79 Å². The van der Waals surface area contributed by atoms with Crippen molar-refractivity contribution in [1.82, 2.24) is 0 Å². The van der Waals surface area contributed by atoms with E-state index in [1.165, 1.54) is 0 Å². The molecule has 2 rings (SSSR count). The first kappa shape index (κ1) is 14.5. The average Bonchev–Trinajstić information content (AvgIpc) is 2.48. The SMILES string of the molecule is C=C(C)C(=O)Oc1ccc(N=Nc2ccc(N)cc2)cc1. The van der Waals surface area contributed by atoms with E-state index in [1.54, 1.807) is 55.5 Å². The van der Waals surface area contributed by atoms with Crippen molar-refractivity contribution in [3.63, 3.8) is 0 Å². The molecule has 2 aromatic carbocycles. The molecule has 0 aliphatic heterocycles. The molecule has 0 aliphatic carbocycles. The molecule has 5 heteroatoms. The number of ether oxygens (including phenoxy) is 1. The summed E-state index contributed by atoms with van der Waals surface area (Å²) in [6, 6.07) is 13.8. The molecule has 0 amide bonds. The van der Waals surface area contributed by atoms with Gasteiger partial charge in [-0.3, -0.25) is 0 Å². The Morgan fingerprint density at radius 2 is 1.48 bits per heavy atom. The zero-order valence-electron chi connectivity index (χ0n) is 11.6. The predicted molar refractivity (Wildman–Crippen MR) is 81.9 cm³/mol. The van der Waals surface area contributed by atoms with Gasteiger partial charge in [-0.05, 0) is 55.5 Å². The molecule has 0 heterocycles. The molecule has 0 aliphatic rings. The number of nitrogens with zero attached hydrogens (tertiary/aromatic N) is 2. The van der Waals surface area contributed by atoms with Crippen LogP contribution in [0.4, 0.5) is 17.1 Å². The number of nitrogens with two attached hydrogens (primary N) is 1. The molecule has 0 spiro atoms. The van der Waals surface area contributed by atoms with Crippen LogP contribution < -0.4 is 10.5 Å². The number of azo groups is 1. The van der Waals surface area contributed by atoms with Gasteiger partial charge in [0.15, 0.2) is 0 Å². The second kappa shape index (κ2) is 6.47. The summed E-state index contributed by atoms with van der Waals surface area (Å²) in [5, 5.41) is 8.17. The summed E-state index contributed by atoms with van der Waals surface area (Å²) < 4.78 is 5.08. The van der Waals surface area contributed by atoms with Crippen LogP contribution in [0.1, 0.15) is 6.92 Å². The molecule has 0 aromatic heterocycles. The van der Waals surface area contributed by atoms with Gasteiger partial charge >= 0.3 is 5.97 Å². The number of anilines is 1. The van der Waals surface area contributed by atoms with Crippen molar-refractivity contribution in [2.45, 2.75) is 6.92 Å². The summed E-state index contributed by atoms with van der Waals surface area (Å²) in [5.41, 5.74) is 7.98. The largest absolute Gasteiger partial charge is 0.423 e. The Morgan fingerprint density at radius 3 is 1.95 bits per heavy atom. The number of rotatable bonds is 4. The lowest BCUT2D eigenvalue weighted by Gasteiger charge is -2.03. The Labute approximate surface area is 122 Å². The van der Waals surface area contributed by atoms with Gasteiger partial charge in [0.05, 0.1) is 11.4 Å². The van der Waals surface area contributed by atoms with Crippen LogP contribution in [0.5, 0.6) is 5.75 Å². The van der Waals surface area contributed by atoms with Crippen molar-refractivity contribution < 1.29 is 9.53 Å². The Hall–Kier alpha value is -2.95. The van der Waals surface area contributed by atoms with Crippen molar-refractivity contribution in [2.24, 2.45) is 10.2 Å². The number of carbonyl (C=O) groups excluding carboxylic acids is 1. The fourth-order valence-corrected chi connectivity index (χ4v) is 1.43. The molecule has 0 fully saturated rings. The minimum atomic E-state index is -0.453. The molecule has 0 radical (unpaired) electrons. The van der Waals surface area contributed by atoms with Crippen LogP contribution in [-0.4, -0.2) is 5.97 Å². The summed E-state index contributed by atoms with van der Waals surface area (Å²) in [4.78, 5) is 11.4. The lowest BCUT2D eigenvalue weighted by atomic mass is 10.3. The third-order valence-electron chi connectivity index (χ3n) is 2.57. The molecular weight excluding hydrogens is 266 g/mol. The smallest absolute Gasteiger partial charge is 0.338 e. The highest BCUT2D eigenvalue weighted by molar-refractivity contribution is 5.88. The Balaban J connectivity index is 2.03. The van der Waals surface area contributed by atoms with E-state index in [0.717, 1.165) is 0 Å². The molecule has 0 atom stereocenters. The summed E-state index contributed by atoms with van der Waals surface area (Å²) in [6.07, 6.45) is 0. The summed E-state index contributed by atoms with van der Waals surface area (Å²) >= 11 is 0. The Morgan fingerprint density at radius 1 is 1.00 bits per heavy atom. The molecule has 0 unspecified atom stereocenters. The van der Waals surface area contributed by atoms with Crippen LogP contribution in [0.2, 0.25) is 0 Å². The number of hydrogen-bond donors (Lipinski definition) is 1. The third-order valence-corrected chi connectivity index (χ3v) is 2.57. The summed E-state index contributed by atoms with van der Waals surface area (Å²) in [5.74, 6) is -0.0133. The molecule has 21 heavy (non-hydrogen) atoms. The van der Waals surface area contributed by atoms with Crippen LogP contribution in [0.3, 0.4) is 0 Å². The zero-order chi connectivity index (χ0) is 15.2. The fourth-order valence-electron chi connectivity index (χ4n) is 1.43. The van der Waals surface area contributed by atoms with Gasteiger partial charge in [-0.25, -0.2) is 4.79 Å². The standard InChI is InChI=1S/C16H15N3O2/c1-11(2)16(20)21-15-9-7-14(8-10-15)19-18-13-5-3-12(17)4-6-13/h3-10H,1,17H2,2H3. The van der Waals surface area contributed by atoms with Gasteiger partial charge in [0.1, 0.15) is 5.75 Å². The van der Waals surface area contributed by atoms with E-state index in [-0.39, 0.29) is 0 Å². The Kier molecular flexibility index (Phi) is 4.46. The van der Waals surface area contributed by atoms with E-state index < -0.39 is 5.97 Å². The predicted octanol–water partition coefficient (Wildman–Crippen LogP) is 4.17. The van der Waals surface area contributed by atoms with E-state index in [0.29, 0.717) is 28.4 Å². The average molecular weight is 281 g/mol. The first-order valence-corrected chi connectivity index (χ1v) is 6.29. The summed E-state index contributed by atoms with van der Waals surface area (Å²) in [6.45, 7) is 5.12. The first-order chi connectivity index (χ1) is 10.0. The number of esters is 1. The maximum atomic E-state index is 11.4. The Bertz CT molecular complexity index is 674. The topological polar surface area (TPSA) is 77.0 Å². The van der Waals surface area contributed by atoms with Gasteiger partial charge in [-0.15, -0.1) is 0 Å². The van der Waals surface area contributed by atoms with E-state index >= 15 is 0 Å². The van der Waals surface area contributed by atoms with Crippen LogP contribution in [0.25, 0.3) is 0 Å². The van der Waals surface area contributed by atoms with Crippen LogP contribution in [-0.2, 0) is 4.79 Å². The van der Waals surface area contributed by atoms with Gasteiger partial charge in [0.25, 0.3) is 0 Å². The molecule has 2 aromatic rings. The highest BCUT2D eigenvalue weighted by atomic mass is 16.5. The lowest BCUT2D eigenvalue weighted by molar-refractivity contribution is -0.130. The normalized spacial score (nSPS) is 10.5. The van der Waals surface area contributed by atoms with Crippen molar-refractivity contribution >= 4 is 23.0 Å². The number of benzene rings is 2. The van der Waals surface area contributed by atoms with Crippen molar-refractivity contribution in [3.8, 4) is 5.75 Å². The van der Waals surface area contributed by atoms with Crippen LogP contribution in [0.15, 0.2) is 70.9 Å². The second-order valence-corrected chi connectivity index (χ2v) is 4.46. The minimum absolute atomic E-state index is 0.349. The maximum absolute atomic E-state index is 11.4. The quantitative estimate of drug-likeness (QED) is 0.300. The van der Waals surface area contributed by atoms with E-state index in [1.807, 2.05) is 0 Å². The third kappa shape index (κ3) is 4.28. The second-order valence-electron chi connectivity index (χ2n) is 4.46. The molecule has 2 N–H and O–H groups in total. The number of hydrogen-bond acceptors (Lipinski definition) is 5. The molecule has 5 nitrogen and oxygen atoms in total. The molecular formula is C16H15N3O2. The minimum Gasteiger partial charge on any atom is -0.423 e. The maximum Gasteiger partial charge on any atom is 0.338 e. The lowest BCUT2D eigenvalue weighted by Crippen LogP contribution is -2.07. The van der Waals surface area contributed by atoms with Gasteiger partial charge < -0.3 is 10.5 Å². The van der Waals surface area contributed by atoms with Gasteiger partial charge in [-0.1, -0.05) is 6.58 Å². The molecule has 0 bridgehead atoms. The van der Waals surface area contributed by atoms with Gasteiger partial charge in [0, 0.05) is 11.3 Å². The highest BCUT2D eigenvalue weighted by Gasteiger charge is 2.04. The van der Waals surface area contributed by atoms with Gasteiger partial charge in [-0.2, -0.15) is 10.2 Å². The van der Waals surface area contributed by atoms with E-state index in [2.05, 4.69) is 16.8 Å².